The molecule has 0 fully saturated rings. The van der Waals surface area contributed by atoms with Crippen molar-refractivity contribution in [3.05, 3.63) is 58.1 Å². The van der Waals surface area contributed by atoms with Gasteiger partial charge in [0.25, 0.3) is 5.69 Å². The van der Waals surface area contributed by atoms with Crippen molar-refractivity contribution >= 4 is 33.0 Å². The molecule has 0 radical (unpaired) electrons. The SMILES string of the molecule is CC[C@H](C(=O)Nc1ccc(F)c(F)c1)N(c1cc([N+](=O)[O-])ccc1OC)S(C)(=O)=O. The van der Waals surface area contributed by atoms with Gasteiger partial charge in [-0.25, -0.2) is 17.2 Å². The van der Waals surface area contributed by atoms with Crippen LogP contribution in [-0.2, 0) is 14.8 Å². The van der Waals surface area contributed by atoms with Gasteiger partial charge in [0.1, 0.15) is 17.5 Å². The average molecular weight is 443 g/mol. The fraction of sp³-hybridized carbons (Fsp3) is 0.278. The predicted octanol–water partition coefficient (Wildman–Crippen LogP) is 3.06. The Morgan fingerprint density at radius 2 is 1.90 bits per heavy atom. The van der Waals surface area contributed by atoms with Crippen molar-refractivity contribution in [1.29, 1.82) is 0 Å². The molecular formula is C18H19F2N3O6S. The van der Waals surface area contributed by atoms with Crippen LogP contribution in [0.25, 0.3) is 0 Å². The van der Waals surface area contributed by atoms with E-state index in [1.54, 1.807) is 0 Å². The van der Waals surface area contributed by atoms with Gasteiger partial charge in [-0.15, -0.1) is 0 Å². The Balaban J connectivity index is 2.54. The molecule has 162 valence electrons. The number of nitro groups is 1. The molecular weight excluding hydrogens is 424 g/mol. The topological polar surface area (TPSA) is 119 Å². The van der Waals surface area contributed by atoms with E-state index >= 15 is 0 Å². The summed E-state index contributed by atoms with van der Waals surface area (Å²) in [5.41, 5.74) is -0.700. The minimum Gasteiger partial charge on any atom is -0.495 e. The van der Waals surface area contributed by atoms with Crippen LogP contribution in [0.1, 0.15) is 13.3 Å². The number of sulfonamides is 1. The maximum Gasteiger partial charge on any atom is 0.271 e. The summed E-state index contributed by atoms with van der Waals surface area (Å²) in [4.78, 5) is 23.2. The fourth-order valence-corrected chi connectivity index (χ4v) is 4.01. The third kappa shape index (κ3) is 5.00. The zero-order chi connectivity index (χ0) is 22.6. The number of carbonyl (C=O) groups excluding carboxylic acids is 1. The molecule has 0 spiro atoms. The number of hydrogen-bond acceptors (Lipinski definition) is 6. The molecule has 0 bridgehead atoms. The Bertz CT molecular complexity index is 1080. The number of methoxy groups -OCH3 is 1. The first kappa shape index (κ1) is 23.0. The van der Waals surface area contributed by atoms with E-state index in [-0.39, 0.29) is 23.5 Å². The normalized spacial score (nSPS) is 12.2. The molecule has 2 rings (SSSR count). The largest absolute Gasteiger partial charge is 0.495 e. The number of anilines is 2. The number of non-ortho nitro benzene ring substituents is 1. The number of nitrogens with zero attached hydrogens (tertiary/aromatic N) is 2. The van der Waals surface area contributed by atoms with Crippen LogP contribution in [0.2, 0.25) is 0 Å². The number of halogens is 2. The van der Waals surface area contributed by atoms with Gasteiger partial charge in [-0.3, -0.25) is 19.2 Å². The van der Waals surface area contributed by atoms with Gasteiger partial charge in [-0.1, -0.05) is 6.92 Å². The number of hydrogen-bond donors (Lipinski definition) is 1. The van der Waals surface area contributed by atoms with Crippen molar-refractivity contribution in [2.45, 2.75) is 19.4 Å². The highest BCUT2D eigenvalue weighted by Crippen LogP contribution is 2.35. The fourth-order valence-electron chi connectivity index (χ4n) is 2.80. The highest BCUT2D eigenvalue weighted by molar-refractivity contribution is 7.92. The van der Waals surface area contributed by atoms with Crippen LogP contribution in [0.3, 0.4) is 0 Å². The van der Waals surface area contributed by atoms with Crippen LogP contribution < -0.4 is 14.4 Å². The van der Waals surface area contributed by atoms with E-state index in [4.69, 9.17) is 4.74 Å². The molecule has 1 amide bonds. The zero-order valence-electron chi connectivity index (χ0n) is 16.3. The molecule has 0 saturated carbocycles. The van der Waals surface area contributed by atoms with E-state index in [9.17, 15) is 32.1 Å². The van der Waals surface area contributed by atoms with E-state index < -0.39 is 44.2 Å². The molecule has 0 aliphatic rings. The van der Waals surface area contributed by atoms with Gasteiger partial charge in [0.05, 0.1) is 18.3 Å². The third-order valence-corrected chi connectivity index (χ3v) is 5.29. The van der Waals surface area contributed by atoms with Gasteiger partial charge in [-0.05, 0) is 24.6 Å². The number of nitro benzene ring substituents is 1. The molecule has 0 heterocycles. The van der Waals surface area contributed by atoms with Crippen LogP contribution in [0.4, 0.5) is 25.8 Å². The summed E-state index contributed by atoms with van der Waals surface area (Å²) in [5, 5.41) is 13.5. The quantitative estimate of drug-likeness (QED) is 0.495. The number of carbonyl (C=O) groups is 1. The van der Waals surface area contributed by atoms with Crippen LogP contribution in [0.5, 0.6) is 5.75 Å². The Morgan fingerprint density at radius 1 is 1.23 bits per heavy atom. The second-order valence-electron chi connectivity index (χ2n) is 6.21. The van der Waals surface area contributed by atoms with Crippen LogP contribution in [0, 0.1) is 21.7 Å². The lowest BCUT2D eigenvalue weighted by Crippen LogP contribution is -2.47. The molecule has 0 aromatic heterocycles. The minimum absolute atomic E-state index is 0.00917. The van der Waals surface area contributed by atoms with E-state index in [0.717, 1.165) is 36.6 Å². The minimum atomic E-state index is -4.12. The van der Waals surface area contributed by atoms with Crippen LogP contribution in [0.15, 0.2) is 36.4 Å². The summed E-state index contributed by atoms with van der Waals surface area (Å²) in [6, 6.07) is 4.64. The summed E-state index contributed by atoms with van der Waals surface area (Å²) in [6.07, 6.45) is 0.799. The summed E-state index contributed by atoms with van der Waals surface area (Å²) in [5.74, 6) is -3.16. The Labute approximate surface area is 171 Å². The van der Waals surface area contributed by atoms with Gasteiger partial charge in [0.2, 0.25) is 15.9 Å². The lowest BCUT2D eigenvalue weighted by molar-refractivity contribution is -0.384. The van der Waals surface area contributed by atoms with Crippen molar-refractivity contribution in [3.8, 4) is 5.75 Å². The molecule has 0 unspecified atom stereocenters. The zero-order valence-corrected chi connectivity index (χ0v) is 17.1. The first-order valence-corrected chi connectivity index (χ1v) is 10.4. The number of rotatable bonds is 8. The standard InChI is InChI=1S/C18H19F2N3O6S/c1-4-15(18(24)21-11-5-7-13(19)14(20)9-11)22(30(3,27)28)16-10-12(23(25)26)6-8-17(16)29-2/h5-10,15H,4H2,1-3H3,(H,21,24)/t15-/m1/s1. The second kappa shape index (κ2) is 9.03. The third-order valence-electron chi connectivity index (χ3n) is 4.13. The molecule has 9 nitrogen and oxygen atoms in total. The Hall–Kier alpha value is -3.28. The highest BCUT2D eigenvalue weighted by atomic mass is 32.2. The van der Waals surface area contributed by atoms with Gasteiger partial charge in [0.15, 0.2) is 11.6 Å². The van der Waals surface area contributed by atoms with E-state index in [1.807, 2.05) is 0 Å². The lowest BCUT2D eigenvalue weighted by Gasteiger charge is -2.30. The monoisotopic (exact) mass is 443 g/mol. The maximum atomic E-state index is 13.4. The molecule has 2 aromatic rings. The summed E-state index contributed by atoms with van der Waals surface area (Å²) in [7, 11) is -2.88. The van der Waals surface area contributed by atoms with Gasteiger partial charge in [0, 0.05) is 23.9 Å². The lowest BCUT2D eigenvalue weighted by atomic mass is 10.1. The van der Waals surface area contributed by atoms with Crippen molar-refractivity contribution in [2.24, 2.45) is 0 Å². The molecule has 1 N–H and O–H groups in total. The van der Waals surface area contributed by atoms with E-state index in [1.165, 1.54) is 20.1 Å². The molecule has 0 saturated heterocycles. The van der Waals surface area contributed by atoms with Crippen LogP contribution in [-0.4, -0.2) is 38.7 Å². The molecule has 30 heavy (non-hydrogen) atoms. The van der Waals surface area contributed by atoms with Crippen molar-refractivity contribution in [2.75, 3.05) is 23.0 Å². The predicted molar refractivity (Wildman–Crippen MR) is 106 cm³/mol. The molecule has 0 aliphatic heterocycles. The van der Waals surface area contributed by atoms with Crippen molar-refractivity contribution in [1.82, 2.24) is 0 Å². The first-order chi connectivity index (χ1) is 14.0. The van der Waals surface area contributed by atoms with Gasteiger partial charge < -0.3 is 10.1 Å². The first-order valence-electron chi connectivity index (χ1n) is 8.57. The Kier molecular flexibility index (Phi) is 6.92. The highest BCUT2D eigenvalue weighted by Gasteiger charge is 2.34. The van der Waals surface area contributed by atoms with Crippen LogP contribution >= 0.6 is 0 Å². The van der Waals surface area contributed by atoms with E-state index in [2.05, 4.69) is 5.32 Å². The average Bonchev–Trinajstić information content (AvgIpc) is 2.67. The summed E-state index contributed by atoms with van der Waals surface area (Å²) >= 11 is 0. The Morgan fingerprint density at radius 3 is 2.40 bits per heavy atom. The van der Waals surface area contributed by atoms with Crippen molar-refractivity contribution in [3.63, 3.8) is 0 Å². The van der Waals surface area contributed by atoms with E-state index in [0.29, 0.717) is 4.31 Å². The molecule has 1 atom stereocenters. The molecule has 12 heteroatoms. The summed E-state index contributed by atoms with van der Waals surface area (Å²) in [6.45, 7) is 1.53. The van der Waals surface area contributed by atoms with Crippen molar-refractivity contribution < 1.29 is 31.7 Å². The smallest absolute Gasteiger partial charge is 0.271 e. The maximum absolute atomic E-state index is 13.4. The second-order valence-corrected chi connectivity index (χ2v) is 8.07. The number of ether oxygens (including phenoxy) is 1. The number of benzene rings is 2. The van der Waals surface area contributed by atoms with Gasteiger partial charge in [-0.2, -0.15) is 0 Å². The molecule has 0 aliphatic carbocycles. The number of nitrogens with one attached hydrogen (secondary N) is 1. The molecule has 2 aromatic carbocycles. The summed E-state index contributed by atoms with van der Waals surface area (Å²) < 4.78 is 57.5. The number of amides is 1. The van der Waals surface area contributed by atoms with Gasteiger partial charge >= 0.3 is 0 Å².